The summed E-state index contributed by atoms with van der Waals surface area (Å²) in [5, 5.41) is 2.86. The lowest BCUT2D eigenvalue weighted by Gasteiger charge is -2.32. The molecule has 3 rings (SSSR count). The molecule has 1 aliphatic heterocycles. The van der Waals surface area contributed by atoms with Crippen LogP contribution >= 0.6 is 0 Å². The molecule has 28 heavy (non-hydrogen) atoms. The number of nitrogens with one attached hydrogen (secondary N) is 1. The van der Waals surface area contributed by atoms with Gasteiger partial charge in [0.2, 0.25) is 11.8 Å². The fourth-order valence-corrected chi connectivity index (χ4v) is 3.75. The minimum Gasteiger partial charge on any atom is -0.494 e. The predicted molar refractivity (Wildman–Crippen MR) is 107 cm³/mol. The number of methoxy groups -OCH3 is 1. The number of rotatable bonds is 5. The molecule has 0 spiro atoms. The summed E-state index contributed by atoms with van der Waals surface area (Å²) in [6.07, 6.45) is 2.13. The van der Waals surface area contributed by atoms with E-state index in [9.17, 15) is 14.0 Å². The molecule has 2 amide bonds. The number of fused-ring (bicyclic) bond motifs is 1. The van der Waals surface area contributed by atoms with Crippen molar-refractivity contribution in [2.24, 2.45) is 0 Å². The molecule has 0 bridgehead atoms. The number of ether oxygens (including phenoxy) is 1. The molecule has 1 N–H and O–H groups in total. The van der Waals surface area contributed by atoms with Crippen molar-refractivity contribution in [1.29, 1.82) is 0 Å². The summed E-state index contributed by atoms with van der Waals surface area (Å²) in [5.74, 6) is -0.417. The average Bonchev–Trinajstić information content (AvgIpc) is 2.68. The van der Waals surface area contributed by atoms with Crippen LogP contribution in [0.25, 0.3) is 0 Å². The maximum atomic E-state index is 14.4. The first kappa shape index (κ1) is 19.9. The Morgan fingerprint density at radius 2 is 2.04 bits per heavy atom. The van der Waals surface area contributed by atoms with Gasteiger partial charge in [-0.05, 0) is 55.0 Å². The standard InChI is InChI=1S/C22H25FN2O3/c1-14-9-11-18(24-15(2)26)17-7-5-13-25(22(14)17)20(27)12-10-16-6-4-8-19(28-3)21(16)23/h4,6,8-9,11H,5,7,10,12-13H2,1-3H3,(H,24,26). The van der Waals surface area contributed by atoms with Crippen molar-refractivity contribution in [3.8, 4) is 5.75 Å². The predicted octanol–water partition coefficient (Wildman–Crippen LogP) is 4.01. The minimum absolute atomic E-state index is 0.0498. The molecule has 0 saturated carbocycles. The molecule has 0 saturated heterocycles. The van der Waals surface area contributed by atoms with E-state index >= 15 is 0 Å². The van der Waals surface area contributed by atoms with Crippen LogP contribution in [0.5, 0.6) is 5.75 Å². The van der Waals surface area contributed by atoms with E-state index in [0.717, 1.165) is 35.3 Å². The van der Waals surface area contributed by atoms with E-state index in [1.54, 1.807) is 23.1 Å². The Hall–Kier alpha value is -2.89. The van der Waals surface area contributed by atoms with Crippen molar-refractivity contribution in [2.45, 2.75) is 39.5 Å². The van der Waals surface area contributed by atoms with Gasteiger partial charge in [-0.25, -0.2) is 4.39 Å². The lowest BCUT2D eigenvalue weighted by Crippen LogP contribution is -2.36. The number of hydrogen-bond donors (Lipinski definition) is 1. The second-order valence-corrected chi connectivity index (χ2v) is 7.02. The van der Waals surface area contributed by atoms with Gasteiger partial charge in [0.15, 0.2) is 11.6 Å². The highest BCUT2D eigenvalue weighted by atomic mass is 19.1. The molecule has 6 heteroatoms. The molecule has 5 nitrogen and oxygen atoms in total. The summed E-state index contributed by atoms with van der Waals surface area (Å²) >= 11 is 0. The van der Waals surface area contributed by atoms with Crippen LogP contribution in [0, 0.1) is 12.7 Å². The zero-order valence-corrected chi connectivity index (χ0v) is 16.5. The van der Waals surface area contributed by atoms with E-state index < -0.39 is 5.82 Å². The number of carbonyl (C=O) groups excluding carboxylic acids is 2. The zero-order chi connectivity index (χ0) is 20.3. The first-order valence-corrected chi connectivity index (χ1v) is 9.44. The third-order valence-electron chi connectivity index (χ3n) is 5.05. The highest BCUT2D eigenvalue weighted by molar-refractivity contribution is 5.98. The second-order valence-electron chi connectivity index (χ2n) is 7.02. The molecule has 0 unspecified atom stereocenters. The van der Waals surface area contributed by atoms with Crippen LogP contribution in [0.3, 0.4) is 0 Å². The summed E-state index contributed by atoms with van der Waals surface area (Å²) in [4.78, 5) is 26.3. The van der Waals surface area contributed by atoms with E-state index in [-0.39, 0.29) is 24.0 Å². The van der Waals surface area contributed by atoms with Gasteiger partial charge in [0.1, 0.15) is 0 Å². The van der Waals surface area contributed by atoms with Gasteiger partial charge < -0.3 is 15.0 Å². The fourth-order valence-electron chi connectivity index (χ4n) is 3.75. The van der Waals surface area contributed by atoms with Crippen molar-refractivity contribution in [3.63, 3.8) is 0 Å². The van der Waals surface area contributed by atoms with Gasteiger partial charge >= 0.3 is 0 Å². The molecule has 1 heterocycles. The van der Waals surface area contributed by atoms with Crippen molar-refractivity contribution >= 4 is 23.2 Å². The quantitative estimate of drug-likeness (QED) is 0.847. The molecule has 0 fully saturated rings. The Kier molecular flexibility index (Phi) is 5.97. The Morgan fingerprint density at radius 1 is 1.25 bits per heavy atom. The molecule has 2 aromatic carbocycles. The number of aryl methyl sites for hydroxylation is 2. The van der Waals surface area contributed by atoms with Gasteiger partial charge in [0.25, 0.3) is 0 Å². The summed E-state index contributed by atoms with van der Waals surface area (Å²) in [5.41, 5.74) is 4.07. The molecule has 2 aromatic rings. The lowest BCUT2D eigenvalue weighted by molar-refractivity contribution is -0.118. The van der Waals surface area contributed by atoms with E-state index in [1.807, 2.05) is 19.1 Å². The first-order valence-electron chi connectivity index (χ1n) is 9.44. The van der Waals surface area contributed by atoms with E-state index in [4.69, 9.17) is 4.74 Å². The van der Waals surface area contributed by atoms with Crippen molar-refractivity contribution in [3.05, 3.63) is 52.8 Å². The second kappa shape index (κ2) is 8.42. The van der Waals surface area contributed by atoms with E-state index in [0.29, 0.717) is 18.5 Å². The molecular weight excluding hydrogens is 359 g/mol. The fraction of sp³-hybridized carbons (Fsp3) is 0.364. The van der Waals surface area contributed by atoms with Crippen molar-refractivity contribution < 1.29 is 18.7 Å². The first-order chi connectivity index (χ1) is 13.4. The van der Waals surface area contributed by atoms with E-state index in [2.05, 4.69) is 5.32 Å². The van der Waals surface area contributed by atoms with Gasteiger partial charge in [-0.2, -0.15) is 0 Å². The number of hydrogen-bond acceptors (Lipinski definition) is 3. The Bertz CT molecular complexity index is 911. The minimum atomic E-state index is -0.416. The van der Waals surface area contributed by atoms with Crippen LogP contribution in [0.2, 0.25) is 0 Å². The largest absolute Gasteiger partial charge is 0.494 e. The monoisotopic (exact) mass is 384 g/mol. The van der Waals surface area contributed by atoms with Crippen molar-refractivity contribution in [1.82, 2.24) is 0 Å². The molecular formula is C22H25FN2O3. The summed E-state index contributed by atoms with van der Waals surface area (Å²) < 4.78 is 19.4. The number of nitrogens with zero attached hydrogens (tertiary/aromatic N) is 1. The SMILES string of the molecule is COc1cccc(CCC(=O)N2CCCc3c(NC(C)=O)ccc(C)c32)c1F. The van der Waals surface area contributed by atoms with Gasteiger partial charge in [0.05, 0.1) is 12.8 Å². The van der Waals surface area contributed by atoms with Crippen LogP contribution in [0.15, 0.2) is 30.3 Å². The Morgan fingerprint density at radius 3 is 2.75 bits per heavy atom. The van der Waals surface area contributed by atoms with Gasteiger partial charge in [-0.3, -0.25) is 9.59 Å². The maximum Gasteiger partial charge on any atom is 0.227 e. The number of halogens is 1. The molecule has 0 radical (unpaired) electrons. The molecule has 0 aromatic heterocycles. The topological polar surface area (TPSA) is 58.6 Å². The van der Waals surface area contributed by atoms with Crippen LogP contribution in [-0.4, -0.2) is 25.5 Å². The van der Waals surface area contributed by atoms with E-state index in [1.165, 1.54) is 14.0 Å². The summed E-state index contributed by atoms with van der Waals surface area (Å²) in [7, 11) is 1.42. The highest BCUT2D eigenvalue weighted by Gasteiger charge is 2.26. The number of benzene rings is 2. The average molecular weight is 384 g/mol. The lowest BCUT2D eigenvalue weighted by atomic mass is 9.95. The molecule has 0 aliphatic carbocycles. The van der Waals surface area contributed by atoms with Gasteiger partial charge in [-0.15, -0.1) is 0 Å². The maximum absolute atomic E-state index is 14.4. The van der Waals surface area contributed by atoms with Crippen molar-refractivity contribution in [2.75, 3.05) is 23.9 Å². The summed E-state index contributed by atoms with van der Waals surface area (Å²) in [6, 6.07) is 8.76. The third-order valence-corrected chi connectivity index (χ3v) is 5.05. The van der Waals surface area contributed by atoms with Crippen LogP contribution in [0.1, 0.15) is 36.5 Å². The van der Waals surface area contributed by atoms with Gasteiger partial charge in [-0.1, -0.05) is 18.2 Å². The van der Waals surface area contributed by atoms with Crippen LogP contribution < -0.4 is 15.0 Å². The Balaban J connectivity index is 1.82. The zero-order valence-electron chi connectivity index (χ0n) is 16.5. The molecule has 0 atom stereocenters. The third kappa shape index (κ3) is 4.01. The van der Waals surface area contributed by atoms with Gasteiger partial charge in [0, 0.05) is 25.6 Å². The number of anilines is 2. The van der Waals surface area contributed by atoms with Crippen LogP contribution in [0.4, 0.5) is 15.8 Å². The molecule has 148 valence electrons. The summed E-state index contributed by atoms with van der Waals surface area (Å²) in [6.45, 7) is 4.06. The van der Waals surface area contributed by atoms with Crippen LogP contribution in [-0.2, 0) is 22.4 Å². The number of carbonyl (C=O) groups is 2. The number of amides is 2. The smallest absolute Gasteiger partial charge is 0.227 e. The highest BCUT2D eigenvalue weighted by Crippen LogP contribution is 2.36. The normalized spacial score (nSPS) is 13.1. The molecule has 1 aliphatic rings. The Labute approximate surface area is 164 Å².